The molecule has 0 aliphatic carbocycles. The van der Waals surface area contributed by atoms with Gasteiger partial charge in [0, 0.05) is 11.8 Å². The van der Waals surface area contributed by atoms with Crippen molar-refractivity contribution in [3.8, 4) is 5.75 Å². The SMILES string of the molecule is COc1cccc(C(O)=C2C(=O)C(=O)N(c3ccccn3)C2c2ccc(F)cc2)c1. The smallest absolute Gasteiger partial charge is 0.301 e. The lowest BCUT2D eigenvalue weighted by molar-refractivity contribution is -0.132. The Morgan fingerprint density at radius 1 is 1.07 bits per heavy atom. The van der Waals surface area contributed by atoms with Gasteiger partial charge in [0.1, 0.15) is 23.1 Å². The van der Waals surface area contributed by atoms with Crippen molar-refractivity contribution in [2.24, 2.45) is 0 Å². The number of nitrogens with zero attached hydrogens (tertiary/aromatic N) is 2. The highest BCUT2D eigenvalue weighted by atomic mass is 19.1. The van der Waals surface area contributed by atoms with Gasteiger partial charge in [-0.15, -0.1) is 0 Å². The Morgan fingerprint density at radius 2 is 1.83 bits per heavy atom. The van der Waals surface area contributed by atoms with E-state index in [1.807, 2.05) is 0 Å². The zero-order chi connectivity index (χ0) is 21.3. The van der Waals surface area contributed by atoms with Crippen molar-refractivity contribution >= 4 is 23.3 Å². The molecule has 1 saturated heterocycles. The summed E-state index contributed by atoms with van der Waals surface area (Å²) in [7, 11) is 1.48. The summed E-state index contributed by atoms with van der Waals surface area (Å²) < 4.78 is 18.7. The standard InChI is InChI=1S/C23H17FN2O4/c1-30-17-6-4-5-15(13-17)21(27)19-20(14-8-10-16(24)11-9-14)26(23(29)22(19)28)18-7-2-3-12-25-18/h2-13,20,27H,1H3. The van der Waals surface area contributed by atoms with Crippen molar-refractivity contribution in [2.45, 2.75) is 6.04 Å². The van der Waals surface area contributed by atoms with Gasteiger partial charge in [0.25, 0.3) is 5.78 Å². The Balaban J connectivity index is 1.94. The summed E-state index contributed by atoms with van der Waals surface area (Å²) in [5.41, 5.74) is 0.677. The van der Waals surface area contributed by atoms with Crippen LogP contribution < -0.4 is 9.64 Å². The molecule has 2 aromatic carbocycles. The molecule has 6 nitrogen and oxygen atoms in total. The van der Waals surface area contributed by atoms with E-state index >= 15 is 0 Å². The molecule has 150 valence electrons. The van der Waals surface area contributed by atoms with E-state index < -0.39 is 23.5 Å². The number of aromatic nitrogens is 1. The molecule has 30 heavy (non-hydrogen) atoms. The van der Waals surface area contributed by atoms with Crippen molar-refractivity contribution in [3.05, 3.63) is 95.4 Å². The number of ketones is 1. The average Bonchev–Trinajstić information content (AvgIpc) is 3.05. The fourth-order valence-corrected chi connectivity index (χ4v) is 3.45. The molecule has 0 spiro atoms. The summed E-state index contributed by atoms with van der Waals surface area (Å²) in [6.45, 7) is 0. The normalized spacial score (nSPS) is 17.9. The molecule has 1 aliphatic rings. The maximum absolute atomic E-state index is 13.5. The third-order valence-electron chi connectivity index (χ3n) is 4.87. The number of Topliss-reactive ketones (excluding diaryl/α,β-unsaturated/α-hetero) is 1. The Kier molecular flexibility index (Phi) is 5.02. The first kappa shape index (κ1) is 19.3. The summed E-state index contributed by atoms with van der Waals surface area (Å²) in [6.07, 6.45) is 1.50. The average molecular weight is 404 g/mol. The molecular formula is C23H17FN2O4. The number of ether oxygens (including phenoxy) is 1. The summed E-state index contributed by atoms with van der Waals surface area (Å²) in [6, 6.07) is 15.9. The maximum Gasteiger partial charge on any atom is 0.301 e. The van der Waals surface area contributed by atoms with Crippen LogP contribution in [0.1, 0.15) is 17.2 Å². The van der Waals surface area contributed by atoms with Crippen LogP contribution in [0.25, 0.3) is 5.76 Å². The van der Waals surface area contributed by atoms with Gasteiger partial charge < -0.3 is 9.84 Å². The highest BCUT2D eigenvalue weighted by molar-refractivity contribution is 6.51. The van der Waals surface area contributed by atoms with E-state index in [9.17, 15) is 19.1 Å². The van der Waals surface area contributed by atoms with Gasteiger partial charge in [-0.1, -0.05) is 30.3 Å². The molecule has 1 fully saturated rings. The molecule has 7 heteroatoms. The molecule has 1 unspecified atom stereocenters. The predicted octanol–water partition coefficient (Wildman–Crippen LogP) is 3.86. The first-order valence-electron chi connectivity index (χ1n) is 9.13. The Labute approximate surface area is 171 Å². The van der Waals surface area contributed by atoms with Crippen LogP contribution in [0.5, 0.6) is 5.75 Å². The van der Waals surface area contributed by atoms with Crippen LogP contribution >= 0.6 is 0 Å². The number of carbonyl (C=O) groups is 2. The fraction of sp³-hybridized carbons (Fsp3) is 0.0870. The van der Waals surface area contributed by atoms with E-state index in [1.54, 1.807) is 42.5 Å². The van der Waals surface area contributed by atoms with Crippen LogP contribution in [0.3, 0.4) is 0 Å². The van der Waals surface area contributed by atoms with E-state index in [4.69, 9.17) is 4.74 Å². The molecule has 0 radical (unpaired) electrons. The molecule has 0 saturated carbocycles. The van der Waals surface area contributed by atoms with Gasteiger partial charge in [0.15, 0.2) is 0 Å². The van der Waals surface area contributed by atoms with Crippen molar-refractivity contribution in [1.82, 2.24) is 4.98 Å². The minimum atomic E-state index is -0.966. The van der Waals surface area contributed by atoms with Gasteiger partial charge in [-0.25, -0.2) is 9.37 Å². The van der Waals surface area contributed by atoms with Crippen LogP contribution in [0.15, 0.2) is 78.5 Å². The predicted molar refractivity (Wildman–Crippen MR) is 108 cm³/mol. The molecule has 0 bridgehead atoms. The lowest BCUT2D eigenvalue weighted by atomic mass is 9.95. The number of aliphatic hydroxyl groups excluding tert-OH is 1. The summed E-state index contributed by atoms with van der Waals surface area (Å²) in [5, 5.41) is 11.0. The number of carbonyl (C=O) groups excluding carboxylic acids is 2. The minimum absolute atomic E-state index is 0.106. The topological polar surface area (TPSA) is 79.7 Å². The molecule has 1 aliphatic heterocycles. The monoisotopic (exact) mass is 404 g/mol. The quantitative estimate of drug-likeness (QED) is 0.406. The highest BCUT2D eigenvalue weighted by Gasteiger charge is 2.47. The second-order valence-electron chi connectivity index (χ2n) is 6.64. The molecule has 1 amide bonds. The number of methoxy groups -OCH3 is 1. The van der Waals surface area contributed by atoms with E-state index in [1.165, 1.54) is 42.5 Å². The molecule has 2 heterocycles. The van der Waals surface area contributed by atoms with Gasteiger partial charge in [0.05, 0.1) is 18.7 Å². The maximum atomic E-state index is 13.5. The van der Waals surface area contributed by atoms with Gasteiger partial charge in [0.2, 0.25) is 0 Å². The van der Waals surface area contributed by atoms with Gasteiger partial charge in [-0.3, -0.25) is 14.5 Å². The zero-order valence-corrected chi connectivity index (χ0v) is 15.9. The minimum Gasteiger partial charge on any atom is -0.507 e. The van der Waals surface area contributed by atoms with Crippen LogP contribution in [0.4, 0.5) is 10.2 Å². The van der Waals surface area contributed by atoms with Crippen molar-refractivity contribution in [1.29, 1.82) is 0 Å². The Hall–Kier alpha value is -4.00. The second kappa shape index (κ2) is 7.79. The molecule has 1 atom stereocenters. The van der Waals surface area contributed by atoms with Crippen molar-refractivity contribution < 1.29 is 23.8 Å². The number of aliphatic hydroxyl groups is 1. The highest BCUT2D eigenvalue weighted by Crippen LogP contribution is 2.41. The third-order valence-corrected chi connectivity index (χ3v) is 4.87. The first-order valence-corrected chi connectivity index (χ1v) is 9.13. The van der Waals surface area contributed by atoms with Crippen LogP contribution in [-0.2, 0) is 9.59 Å². The lowest BCUT2D eigenvalue weighted by Gasteiger charge is -2.24. The van der Waals surface area contributed by atoms with Gasteiger partial charge in [-0.2, -0.15) is 0 Å². The number of hydrogen-bond donors (Lipinski definition) is 1. The number of rotatable bonds is 4. The Bertz CT molecular complexity index is 1140. The van der Waals surface area contributed by atoms with Crippen molar-refractivity contribution in [3.63, 3.8) is 0 Å². The number of benzene rings is 2. The fourth-order valence-electron chi connectivity index (χ4n) is 3.45. The molecule has 1 N–H and O–H groups in total. The largest absolute Gasteiger partial charge is 0.507 e. The number of anilines is 1. The zero-order valence-electron chi connectivity index (χ0n) is 15.9. The molecule has 4 rings (SSSR count). The van der Waals surface area contributed by atoms with Crippen LogP contribution in [-0.4, -0.2) is 28.9 Å². The van der Waals surface area contributed by atoms with E-state index in [0.29, 0.717) is 16.9 Å². The molecule has 1 aromatic heterocycles. The van der Waals surface area contributed by atoms with Gasteiger partial charge >= 0.3 is 5.91 Å². The summed E-state index contributed by atoms with van der Waals surface area (Å²) in [4.78, 5) is 31.3. The number of halogens is 1. The molecule has 3 aromatic rings. The summed E-state index contributed by atoms with van der Waals surface area (Å²) in [5.74, 6) is -1.75. The van der Waals surface area contributed by atoms with E-state index in [2.05, 4.69) is 4.98 Å². The first-order chi connectivity index (χ1) is 14.5. The summed E-state index contributed by atoms with van der Waals surface area (Å²) >= 11 is 0. The molecular weight excluding hydrogens is 387 g/mol. The third kappa shape index (κ3) is 3.30. The van der Waals surface area contributed by atoms with E-state index in [0.717, 1.165) is 0 Å². The number of pyridine rings is 1. The number of amides is 1. The number of hydrogen-bond acceptors (Lipinski definition) is 5. The van der Waals surface area contributed by atoms with E-state index in [-0.39, 0.29) is 17.2 Å². The van der Waals surface area contributed by atoms with Crippen molar-refractivity contribution in [2.75, 3.05) is 12.0 Å². The lowest BCUT2D eigenvalue weighted by Crippen LogP contribution is -2.30. The second-order valence-corrected chi connectivity index (χ2v) is 6.64. The Morgan fingerprint density at radius 3 is 2.50 bits per heavy atom. The van der Waals surface area contributed by atoms with Crippen LogP contribution in [0, 0.1) is 5.82 Å². The van der Waals surface area contributed by atoms with Crippen LogP contribution in [0.2, 0.25) is 0 Å². The van der Waals surface area contributed by atoms with Gasteiger partial charge in [-0.05, 0) is 42.0 Å².